The van der Waals surface area contributed by atoms with Gasteiger partial charge in [-0.3, -0.25) is 37.3 Å². The molecule has 0 saturated carbocycles. The molecule has 19 heteroatoms. The van der Waals surface area contributed by atoms with Crippen LogP contribution >= 0.6 is 15.6 Å². The van der Waals surface area contributed by atoms with Crippen molar-refractivity contribution >= 4 is 39.5 Å². The van der Waals surface area contributed by atoms with E-state index in [1.54, 1.807) is 0 Å². The lowest BCUT2D eigenvalue weighted by Crippen LogP contribution is -2.30. The molecule has 0 rings (SSSR count). The van der Waals surface area contributed by atoms with Gasteiger partial charge >= 0.3 is 39.5 Å². The molecule has 99 heavy (non-hydrogen) atoms. The Bertz CT molecular complexity index is 1940. The van der Waals surface area contributed by atoms with Crippen molar-refractivity contribution in [2.24, 2.45) is 23.7 Å². The SMILES string of the molecule is CCC(C)CCCCCCCCCCCCC(=O)O[C@H](COC(=O)CCCCCCCCCC(C)C)COP(=O)(O)OCC(O)COP(=O)(O)OC[C@@H](COC(=O)CCCCCCCCCCCCCCCCCCC(C)C)OC(=O)CCCCCCCCCCCCCCCC(C)C. The van der Waals surface area contributed by atoms with Gasteiger partial charge in [0.15, 0.2) is 12.2 Å². The summed E-state index contributed by atoms with van der Waals surface area (Å²) in [4.78, 5) is 73.0. The summed E-state index contributed by atoms with van der Waals surface area (Å²) in [5, 5.41) is 10.6. The summed E-state index contributed by atoms with van der Waals surface area (Å²) >= 11 is 0. The summed E-state index contributed by atoms with van der Waals surface area (Å²) in [7, 11) is -9.92. The fourth-order valence-corrected chi connectivity index (χ4v) is 13.8. The fourth-order valence-electron chi connectivity index (χ4n) is 12.2. The van der Waals surface area contributed by atoms with Crippen LogP contribution in [0.4, 0.5) is 0 Å². The lowest BCUT2D eigenvalue weighted by molar-refractivity contribution is -0.161. The first-order valence-electron chi connectivity index (χ1n) is 41.2. The standard InChI is InChI=1S/C80H156O17P2/c1-9-73(8)59-51-43-35-27-23-24-30-38-47-55-63-80(85)97-76(67-91-78(83)61-53-45-39-31-34-42-50-58-72(6)7)69-95-99(88,89)93-65-74(81)64-92-98(86,87)94-68-75(96-79(84)62-54-46-37-29-22-18-14-16-20-26-33-41-49-57-71(4)5)66-90-77(82)60-52-44-36-28-21-17-13-11-10-12-15-19-25-32-40-48-56-70(2)3/h70-76,81H,9-69H2,1-8H3,(H,86,87)(H,88,89)/t73?,74?,75-,76-/m1/s1. The molecule has 0 heterocycles. The van der Waals surface area contributed by atoms with Crippen molar-refractivity contribution in [1.82, 2.24) is 0 Å². The van der Waals surface area contributed by atoms with E-state index >= 15 is 0 Å². The molecule has 0 amide bonds. The molecule has 4 unspecified atom stereocenters. The normalized spacial score (nSPS) is 14.3. The van der Waals surface area contributed by atoms with E-state index in [9.17, 15) is 43.2 Å². The van der Waals surface area contributed by atoms with Gasteiger partial charge in [-0.2, -0.15) is 0 Å². The molecule has 0 fully saturated rings. The molecule has 588 valence electrons. The van der Waals surface area contributed by atoms with E-state index in [4.69, 9.17) is 37.0 Å². The lowest BCUT2D eigenvalue weighted by atomic mass is 9.99. The Labute approximate surface area is 607 Å². The molecule has 0 bridgehead atoms. The molecular formula is C80H156O17P2. The van der Waals surface area contributed by atoms with Gasteiger partial charge in [0.05, 0.1) is 26.4 Å². The zero-order chi connectivity index (χ0) is 73.1. The Morgan fingerprint density at radius 2 is 0.485 bits per heavy atom. The molecule has 0 aliphatic carbocycles. The molecule has 0 aromatic carbocycles. The van der Waals surface area contributed by atoms with Crippen LogP contribution in [0.25, 0.3) is 0 Å². The van der Waals surface area contributed by atoms with Crippen molar-refractivity contribution in [2.45, 2.75) is 427 Å². The number of hydrogen-bond donors (Lipinski definition) is 3. The third-order valence-electron chi connectivity index (χ3n) is 18.9. The fraction of sp³-hybridized carbons (Fsp3) is 0.950. The predicted octanol–water partition coefficient (Wildman–Crippen LogP) is 23.6. The molecule has 0 spiro atoms. The van der Waals surface area contributed by atoms with Gasteiger partial charge in [0.25, 0.3) is 0 Å². The van der Waals surface area contributed by atoms with Crippen LogP contribution in [0, 0.1) is 23.7 Å². The Hall–Kier alpha value is -1.94. The maximum Gasteiger partial charge on any atom is 0.472 e. The highest BCUT2D eigenvalue weighted by atomic mass is 31.2. The Balaban J connectivity index is 5.24. The van der Waals surface area contributed by atoms with Crippen molar-refractivity contribution in [1.29, 1.82) is 0 Å². The van der Waals surface area contributed by atoms with E-state index in [-0.39, 0.29) is 25.7 Å². The third kappa shape index (κ3) is 72.8. The van der Waals surface area contributed by atoms with Gasteiger partial charge in [0, 0.05) is 25.7 Å². The quantitative estimate of drug-likeness (QED) is 0.0222. The van der Waals surface area contributed by atoms with Crippen LogP contribution < -0.4 is 0 Å². The third-order valence-corrected chi connectivity index (χ3v) is 20.8. The summed E-state index contributed by atoms with van der Waals surface area (Å²) in [6, 6.07) is 0. The van der Waals surface area contributed by atoms with E-state index in [0.29, 0.717) is 31.6 Å². The molecule has 0 aromatic heterocycles. The van der Waals surface area contributed by atoms with Crippen molar-refractivity contribution in [3.63, 3.8) is 0 Å². The number of phosphoric acid groups is 2. The smallest absolute Gasteiger partial charge is 0.462 e. The zero-order valence-corrected chi connectivity index (χ0v) is 66.9. The number of ether oxygens (including phenoxy) is 4. The van der Waals surface area contributed by atoms with Crippen molar-refractivity contribution in [2.75, 3.05) is 39.6 Å². The Morgan fingerprint density at radius 1 is 0.283 bits per heavy atom. The van der Waals surface area contributed by atoms with Gasteiger partial charge in [0.1, 0.15) is 19.3 Å². The molecule has 0 aliphatic heterocycles. The highest BCUT2D eigenvalue weighted by molar-refractivity contribution is 7.47. The van der Waals surface area contributed by atoms with Crippen LogP contribution in [0.3, 0.4) is 0 Å². The summed E-state index contributed by atoms with van der Waals surface area (Å²) in [5.41, 5.74) is 0. The molecule has 0 saturated heterocycles. The summed E-state index contributed by atoms with van der Waals surface area (Å²) in [6.45, 7) is 14.3. The van der Waals surface area contributed by atoms with Gasteiger partial charge in [0.2, 0.25) is 0 Å². The maximum absolute atomic E-state index is 13.1. The summed E-state index contributed by atoms with van der Waals surface area (Å²) in [6.07, 6.45) is 55.5. The average Bonchev–Trinajstić information content (AvgIpc) is 1.04. The van der Waals surface area contributed by atoms with E-state index in [1.807, 2.05) is 0 Å². The number of aliphatic hydroxyl groups is 1. The van der Waals surface area contributed by atoms with Gasteiger partial charge in [-0.1, -0.05) is 357 Å². The van der Waals surface area contributed by atoms with Crippen LogP contribution in [0.2, 0.25) is 0 Å². The number of hydrogen-bond acceptors (Lipinski definition) is 15. The zero-order valence-electron chi connectivity index (χ0n) is 65.1. The van der Waals surface area contributed by atoms with Crippen molar-refractivity contribution < 1.29 is 80.2 Å². The molecular weight excluding hydrogens is 1290 g/mol. The Kier molecular flexibility index (Phi) is 67.8. The van der Waals surface area contributed by atoms with Gasteiger partial charge in [-0.05, 0) is 49.4 Å². The van der Waals surface area contributed by atoms with Crippen molar-refractivity contribution in [3.8, 4) is 0 Å². The first-order valence-corrected chi connectivity index (χ1v) is 44.2. The van der Waals surface area contributed by atoms with E-state index < -0.39 is 97.5 Å². The van der Waals surface area contributed by atoms with E-state index in [1.165, 1.54) is 205 Å². The second-order valence-electron chi connectivity index (χ2n) is 30.5. The van der Waals surface area contributed by atoms with Crippen LogP contribution in [-0.4, -0.2) is 96.7 Å². The molecule has 17 nitrogen and oxygen atoms in total. The number of rotatable bonds is 77. The first-order chi connectivity index (χ1) is 47.6. The minimum absolute atomic E-state index is 0.105. The monoisotopic (exact) mass is 1450 g/mol. The number of aliphatic hydroxyl groups excluding tert-OH is 1. The maximum atomic E-state index is 13.1. The van der Waals surface area contributed by atoms with Crippen LogP contribution in [0.15, 0.2) is 0 Å². The summed E-state index contributed by atoms with van der Waals surface area (Å²) in [5.74, 6) is 0.991. The molecule has 6 atom stereocenters. The van der Waals surface area contributed by atoms with Crippen molar-refractivity contribution in [3.05, 3.63) is 0 Å². The van der Waals surface area contributed by atoms with Crippen LogP contribution in [0.1, 0.15) is 409 Å². The molecule has 3 N–H and O–H groups in total. The highest BCUT2D eigenvalue weighted by Gasteiger charge is 2.30. The van der Waals surface area contributed by atoms with Gasteiger partial charge in [-0.15, -0.1) is 0 Å². The average molecular weight is 1450 g/mol. The number of carbonyl (C=O) groups excluding carboxylic acids is 4. The number of carbonyl (C=O) groups is 4. The van der Waals surface area contributed by atoms with Gasteiger partial charge in [-0.25, -0.2) is 9.13 Å². The lowest BCUT2D eigenvalue weighted by Gasteiger charge is -2.21. The largest absolute Gasteiger partial charge is 0.472 e. The van der Waals surface area contributed by atoms with E-state index in [0.717, 1.165) is 114 Å². The second kappa shape index (κ2) is 69.1. The molecule has 0 aromatic rings. The number of esters is 4. The molecule has 0 aliphatic rings. The minimum Gasteiger partial charge on any atom is -0.462 e. The van der Waals surface area contributed by atoms with E-state index in [2.05, 4.69) is 55.4 Å². The van der Waals surface area contributed by atoms with Crippen LogP contribution in [0.5, 0.6) is 0 Å². The number of unbranched alkanes of at least 4 members (excludes halogenated alkanes) is 42. The highest BCUT2D eigenvalue weighted by Crippen LogP contribution is 2.45. The number of phosphoric ester groups is 2. The Morgan fingerprint density at radius 3 is 0.717 bits per heavy atom. The summed E-state index contributed by atoms with van der Waals surface area (Å²) < 4.78 is 68.7. The predicted molar refractivity (Wildman–Crippen MR) is 404 cm³/mol. The second-order valence-corrected chi connectivity index (χ2v) is 33.4. The molecule has 0 radical (unpaired) electrons. The van der Waals surface area contributed by atoms with Gasteiger partial charge < -0.3 is 33.8 Å². The van der Waals surface area contributed by atoms with Crippen LogP contribution in [-0.2, 0) is 65.4 Å². The first kappa shape index (κ1) is 97.1. The topological polar surface area (TPSA) is 237 Å². The minimum atomic E-state index is -4.96.